The number of nitro groups is 1. The summed E-state index contributed by atoms with van der Waals surface area (Å²) in [7, 11) is 1.68. The number of rotatable bonds is 7. The molecule has 21 heavy (non-hydrogen) atoms. The number of likely N-dealkylation sites (N-methyl/N-ethyl adjacent to an activating group) is 2. The molecule has 0 aliphatic rings. The van der Waals surface area contributed by atoms with E-state index in [9.17, 15) is 19.3 Å². The predicted molar refractivity (Wildman–Crippen MR) is 77.3 cm³/mol. The number of nitrogens with zero attached hydrogens (tertiary/aromatic N) is 3. The van der Waals surface area contributed by atoms with Crippen molar-refractivity contribution in [1.29, 1.82) is 0 Å². The molecular weight excluding hydrogens is 277 g/mol. The van der Waals surface area contributed by atoms with Gasteiger partial charge in [0.05, 0.1) is 11.5 Å². The zero-order valence-electron chi connectivity index (χ0n) is 12.5. The summed E-state index contributed by atoms with van der Waals surface area (Å²) in [4.78, 5) is 25.2. The molecule has 0 aliphatic heterocycles. The molecule has 0 unspecified atom stereocenters. The second kappa shape index (κ2) is 7.68. The topological polar surface area (TPSA) is 66.7 Å². The lowest BCUT2D eigenvalue weighted by atomic mass is 10.1. The molecule has 1 aromatic rings. The molecular formula is C14H20FN3O3. The number of hydrogen-bond acceptors (Lipinski definition) is 4. The van der Waals surface area contributed by atoms with E-state index >= 15 is 0 Å². The van der Waals surface area contributed by atoms with Gasteiger partial charge >= 0.3 is 5.69 Å². The summed E-state index contributed by atoms with van der Waals surface area (Å²) in [6.45, 7) is 5.30. The van der Waals surface area contributed by atoms with Gasteiger partial charge in [-0.25, -0.2) is 0 Å². The molecule has 0 fully saturated rings. The maximum atomic E-state index is 13.9. The number of amides is 1. The minimum atomic E-state index is -0.843. The Bertz CT molecular complexity index is 518. The maximum absolute atomic E-state index is 13.9. The fraction of sp³-hybridized carbons (Fsp3) is 0.500. The van der Waals surface area contributed by atoms with Crippen molar-refractivity contribution in [2.24, 2.45) is 0 Å². The number of hydrogen-bond donors (Lipinski definition) is 0. The lowest BCUT2D eigenvalue weighted by Crippen LogP contribution is -2.38. The van der Waals surface area contributed by atoms with E-state index in [1.807, 2.05) is 13.8 Å². The van der Waals surface area contributed by atoms with E-state index in [-0.39, 0.29) is 24.6 Å². The van der Waals surface area contributed by atoms with Crippen molar-refractivity contribution in [3.8, 4) is 0 Å². The molecule has 0 heterocycles. The molecule has 116 valence electrons. The minimum absolute atomic E-state index is 0.0478. The molecule has 6 nitrogen and oxygen atoms in total. The van der Waals surface area contributed by atoms with Crippen LogP contribution in [0.1, 0.15) is 19.4 Å². The van der Waals surface area contributed by atoms with Gasteiger partial charge in [0, 0.05) is 31.3 Å². The van der Waals surface area contributed by atoms with Gasteiger partial charge in [-0.15, -0.1) is 0 Å². The molecule has 1 aromatic carbocycles. The quantitative estimate of drug-likeness (QED) is 0.570. The minimum Gasteiger partial charge on any atom is -0.342 e. The van der Waals surface area contributed by atoms with Crippen molar-refractivity contribution >= 4 is 11.6 Å². The first-order valence-electron chi connectivity index (χ1n) is 6.78. The lowest BCUT2D eigenvalue weighted by molar-refractivity contribution is -0.387. The van der Waals surface area contributed by atoms with Crippen LogP contribution in [0.2, 0.25) is 0 Å². The molecule has 1 amide bonds. The van der Waals surface area contributed by atoms with Crippen LogP contribution in [0.25, 0.3) is 0 Å². The van der Waals surface area contributed by atoms with Gasteiger partial charge in [-0.1, -0.05) is 12.1 Å². The highest BCUT2D eigenvalue weighted by molar-refractivity contribution is 5.78. The Kier molecular flexibility index (Phi) is 6.23. The smallest absolute Gasteiger partial charge is 0.305 e. The van der Waals surface area contributed by atoms with Crippen LogP contribution in [0, 0.1) is 15.9 Å². The Morgan fingerprint density at radius 1 is 1.33 bits per heavy atom. The second-order valence-corrected chi connectivity index (χ2v) is 4.75. The van der Waals surface area contributed by atoms with Gasteiger partial charge < -0.3 is 4.90 Å². The Morgan fingerprint density at radius 3 is 2.48 bits per heavy atom. The van der Waals surface area contributed by atoms with Gasteiger partial charge in [0.15, 0.2) is 0 Å². The summed E-state index contributed by atoms with van der Waals surface area (Å²) in [6.07, 6.45) is 0. The molecule has 0 N–H and O–H groups in total. The highest BCUT2D eigenvalue weighted by Gasteiger charge is 2.19. The Morgan fingerprint density at radius 2 is 1.95 bits per heavy atom. The van der Waals surface area contributed by atoms with Crippen LogP contribution in [0.15, 0.2) is 18.2 Å². The van der Waals surface area contributed by atoms with E-state index in [0.29, 0.717) is 13.1 Å². The molecule has 0 aliphatic carbocycles. The molecule has 1 rings (SSSR count). The summed E-state index contributed by atoms with van der Waals surface area (Å²) >= 11 is 0. The van der Waals surface area contributed by atoms with Crippen molar-refractivity contribution in [2.45, 2.75) is 20.4 Å². The van der Waals surface area contributed by atoms with Crippen LogP contribution in [0.4, 0.5) is 10.1 Å². The molecule has 0 radical (unpaired) electrons. The van der Waals surface area contributed by atoms with Crippen LogP contribution in [-0.2, 0) is 11.3 Å². The van der Waals surface area contributed by atoms with Crippen LogP contribution >= 0.6 is 0 Å². The van der Waals surface area contributed by atoms with Crippen molar-refractivity contribution in [3.05, 3.63) is 39.7 Å². The molecule has 0 aromatic heterocycles. The molecule has 0 saturated heterocycles. The first kappa shape index (κ1) is 17.0. The fourth-order valence-electron chi connectivity index (χ4n) is 2.08. The van der Waals surface area contributed by atoms with E-state index in [1.165, 1.54) is 12.1 Å². The van der Waals surface area contributed by atoms with Crippen LogP contribution in [0.3, 0.4) is 0 Å². The van der Waals surface area contributed by atoms with Crippen LogP contribution < -0.4 is 0 Å². The van der Waals surface area contributed by atoms with Crippen molar-refractivity contribution in [1.82, 2.24) is 9.80 Å². The number of halogens is 1. The first-order valence-corrected chi connectivity index (χ1v) is 6.78. The average Bonchev–Trinajstić information content (AvgIpc) is 2.42. The van der Waals surface area contributed by atoms with Gasteiger partial charge in [-0.2, -0.15) is 4.39 Å². The van der Waals surface area contributed by atoms with Crippen molar-refractivity contribution in [3.63, 3.8) is 0 Å². The predicted octanol–water partition coefficient (Wildman–Crippen LogP) is 2.03. The maximum Gasteiger partial charge on any atom is 0.305 e. The van der Waals surface area contributed by atoms with E-state index in [0.717, 1.165) is 6.07 Å². The van der Waals surface area contributed by atoms with Gasteiger partial charge in [-0.3, -0.25) is 19.8 Å². The second-order valence-electron chi connectivity index (χ2n) is 4.75. The average molecular weight is 297 g/mol. The number of nitro benzene ring substituents is 1. The summed E-state index contributed by atoms with van der Waals surface area (Å²) < 4.78 is 13.9. The Labute approximate surface area is 123 Å². The molecule has 0 atom stereocenters. The van der Waals surface area contributed by atoms with E-state index in [4.69, 9.17) is 0 Å². The molecule has 7 heteroatoms. The lowest BCUT2D eigenvalue weighted by Gasteiger charge is -2.23. The zero-order valence-corrected chi connectivity index (χ0v) is 12.5. The van der Waals surface area contributed by atoms with Gasteiger partial charge in [0.25, 0.3) is 0 Å². The Hall–Kier alpha value is -2.02. The van der Waals surface area contributed by atoms with E-state index < -0.39 is 16.4 Å². The third-order valence-corrected chi connectivity index (χ3v) is 3.22. The third-order valence-electron chi connectivity index (χ3n) is 3.22. The van der Waals surface area contributed by atoms with E-state index in [1.54, 1.807) is 16.8 Å². The van der Waals surface area contributed by atoms with E-state index in [2.05, 4.69) is 0 Å². The van der Waals surface area contributed by atoms with Crippen LogP contribution in [0.5, 0.6) is 0 Å². The summed E-state index contributed by atoms with van der Waals surface area (Å²) in [6, 6.07) is 4.05. The standard InChI is InChI=1S/C14H20FN3O3/c1-4-17(5-2)13(19)10-16(3)9-11-7-6-8-12(14(11)15)18(20)21/h6-8H,4-5,9-10H2,1-3H3. The summed E-state index contributed by atoms with van der Waals surface area (Å²) in [5, 5.41) is 10.7. The van der Waals surface area contributed by atoms with Crippen molar-refractivity contribution < 1.29 is 14.1 Å². The summed E-state index contributed by atoms with van der Waals surface area (Å²) in [5.41, 5.74) is -0.338. The number of benzene rings is 1. The SMILES string of the molecule is CCN(CC)C(=O)CN(C)Cc1cccc([N+](=O)[O-])c1F. The molecule has 0 saturated carbocycles. The fourth-order valence-corrected chi connectivity index (χ4v) is 2.08. The molecule has 0 bridgehead atoms. The van der Waals surface area contributed by atoms with Crippen molar-refractivity contribution in [2.75, 3.05) is 26.7 Å². The Balaban J connectivity index is 2.75. The zero-order chi connectivity index (χ0) is 16.0. The van der Waals surface area contributed by atoms with Gasteiger partial charge in [0.2, 0.25) is 11.7 Å². The first-order chi connectivity index (χ1) is 9.90. The number of carbonyl (C=O) groups excluding carboxylic acids is 1. The monoisotopic (exact) mass is 297 g/mol. The van der Waals surface area contributed by atoms with Crippen LogP contribution in [-0.4, -0.2) is 47.3 Å². The molecule has 0 spiro atoms. The number of carbonyl (C=O) groups is 1. The normalized spacial score (nSPS) is 10.7. The largest absolute Gasteiger partial charge is 0.342 e. The highest BCUT2D eigenvalue weighted by atomic mass is 19.1. The highest BCUT2D eigenvalue weighted by Crippen LogP contribution is 2.21. The van der Waals surface area contributed by atoms with Gasteiger partial charge in [0.1, 0.15) is 0 Å². The third kappa shape index (κ3) is 4.49. The summed E-state index contributed by atoms with van der Waals surface area (Å²) in [5.74, 6) is -0.891. The van der Waals surface area contributed by atoms with Gasteiger partial charge in [-0.05, 0) is 20.9 Å².